The molecule has 100 valence electrons. The number of rotatable bonds is 4. The largest absolute Gasteiger partial charge is 0.496 e. The molecule has 7 heteroatoms. The number of hydrogen-bond donors (Lipinski definition) is 2. The van der Waals surface area contributed by atoms with Gasteiger partial charge in [-0.3, -0.25) is 4.79 Å². The van der Waals surface area contributed by atoms with E-state index in [-0.39, 0.29) is 5.91 Å². The van der Waals surface area contributed by atoms with Crippen LogP contribution in [0.5, 0.6) is 5.75 Å². The van der Waals surface area contributed by atoms with Gasteiger partial charge in [0.05, 0.1) is 12.7 Å². The lowest BCUT2D eigenvalue weighted by atomic mass is 10.2. The minimum Gasteiger partial charge on any atom is -0.496 e. The van der Waals surface area contributed by atoms with Crippen molar-refractivity contribution in [3.63, 3.8) is 0 Å². The molecule has 3 N–H and O–H groups in total. The summed E-state index contributed by atoms with van der Waals surface area (Å²) in [5.74, 6) is 0.570. The third kappa shape index (κ3) is 3.00. The van der Waals surface area contributed by atoms with Gasteiger partial charge in [0, 0.05) is 12.1 Å². The third-order valence-electron chi connectivity index (χ3n) is 2.45. The van der Waals surface area contributed by atoms with Gasteiger partial charge in [0.1, 0.15) is 5.75 Å². The summed E-state index contributed by atoms with van der Waals surface area (Å²) in [7, 11) is 1.58. The summed E-state index contributed by atoms with van der Waals surface area (Å²) in [6.45, 7) is 1.78. The van der Waals surface area contributed by atoms with E-state index >= 15 is 0 Å². The number of nitrogens with zero attached hydrogens (tertiary/aromatic N) is 2. The van der Waals surface area contributed by atoms with Gasteiger partial charge in [-0.1, -0.05) is 18.3 Å². The zero-order valence-corrected chi connectivity index (χ0v) is 11.5. The number of nitrogens with one attached hydrogen (secondary N) is 1. The first-order valence-electron chi connectivity index (χ1n) is 5.71. The molecule has 2 aromatic rings. The Morgan fingerprint density at radius 1 is 1.47 bits per heavy atom. The molecule has 1 amide bonds. The molecule has 0 unspecified atom stereocenters. The molecule has 19 heavy (non-hydrogen) atoms. The summed E-state index contributed by atoms with van der Waals surface area (Å²) in [6, 6.07) is 5.30. The van der Waals surface area contributed by atoms with Crippen LogP contribution < -0.4 is 15.8 Å². The first kappa shape index (κ1) is 13.3. The number of amides is 1. The van der Waals surface area contributed by atoms with Gasteiger partial charge in [-0.2, -0.15) is 0 Å². The monoisotopic (exact) mass is 278 g/mol. The molecule has 2 rings (SSSR count). The minimum atomic E-state index is -0.0951. The fraction of sp³-hybridized carbons (Fsp3) is 0.250. The lowest BCUT2D eigenvalue weighted by molar-refractivity contribution is -0.115. The maximum absolute atomic E-state index is 11.3. The van der Waals surface area contributed by atoms with Crippen LogP contribution in [-0.2, 0) is 4.79 Å². The molecule has 1 aromatic carbocycles. The van der Waals surface area contributed by atoms with E-state index in [2.05, 4.69) is 15.5 Å². The number of nitrogens with two attached hydrogens (primary N) is 1. The van der Waals surface area contributed by atoms with Crippen LogP contribution in [0.4, 0.5) is 10.8 Å². The van der Waals surface area contributed by atoms with Crippen molar-refractivity contribution in [3.05, 3.63) is 18.2 Å². The predicted molar refractivity (Wildman–Crippen MR) is 75.2 cm³/mol. The van der Waals surface area contributed by atoms with E-state index in [4.69, 9.17) is 10.5 Å². The summed E-state index contributed by atoms with van der Waals surface area (Å²) < 4.78 is 5.26. The maximum Gasteiger partial charge on any atom is 0.225 e. The fourth-order valence-corrected chi connectivity index (χ4v) is 2.26. The van der Waals surface area contributed by atoms with Gasteiger partial charge in [0.2, 0.25) is 11.0 Å². The zero-order valence-electron chi connectivity index (χ0n) is 10.6. The van der Waals surface area contributed by atoms with Crippen molar-refractivity contribution in [1.29, 1.82) is 0 Å². The smallest absolute Gasteiger partial charge is 0.225 e. The number of carbonyl (C=O) groups excluding carboxylic acids is 1. The Morgan fingerprint density at radius 2 is 2.26 bits per heavy atom. The molecule has 0 fully saturated rings. The molecule has 0 radical (unpaired) electrons. The fourth-order valence-electron chi connectivity index (χ4n) is 1.48. The van der Waals surface area contributed by atoms with Crippen molar-refractivity contribution in [3.8, 4) is 16.3 Å². The van der Waals surface area contributed by atoms with E-state index < -0.39 is 0 Å². The van der Waals surface area contributed by atoms with Gasteiger partial charge in [-0.15, -0.1) is 10.2 Å². The van der Waals surface area contributed by atoms with Crippen LogP contribution in [0, 0.1) is 0 Å². The lowest BCUT2D eigenvalue weighted by Gasteiger charge is -2.05. The maximum atomic E-state index is 11.3. The topological polar surface area (TPSA) is 90.1 Å². The second kappa shape index (κ2) is 5.66. The lowest BCUT2D eigenvalue weighted by Crippen LogP contribution is -2.08. The highest BCUT2D eigenvalue weighted by atomic mass is 32.1. The van der Waals surface area contributed by atoms with Gasteiger partial charge in [-0.05, 0) is 18.2 Å². The van der Waals surface area contributed by atoms with Crippen LogP contribution in [0.2, 0.25) is 0 Å². The van der Waals surface area contributed by atoms with E-state index in [1.165, 1.54) is 11.3 Å². The Kier molecular flexibility index (Phi) is 3.96. The molecule has 0 aliphatic carbocycles. The predicted octanol–water partition coefficient (Wildman–Crippen LogP) is 2.14. The molecule has 0 saturated heterocycles. The van der Waals surface area contributed by atoms with Crippen molar-refractivity contribution >= 4 is 28.1 Å². The second-order valence-electron chi connectivity index (χ2n) is 3.77. The van der Waals surface area contributed by atoms with E-state index in [0.717, 1.165) is 5.56 Å². The van der Waals surface area contributed by atoms with Crippen molar-refractivity contribution in [2.75, 3.05) is 18.2 Å². The molecule has 0 aliphatic heterocycles. The summed E-state index contributed by atoms with van der Waals surface area (Å²) in [4.78, 5) is 11.3. The Hall–Kier alpha value is -2.15. The van der Waals surface area contributed by atoms with Crippen molar-refractivity contribution in [1.82, 2.24) is 10.2 Å². The number of carbonyl (C=O) groups is 1. The quantitative estimate of drug-likeness (QED) is 0.836. The number of hydrogen-bond acceptors (Lipinski definition) is 6. The Morgan fingerprint density at radius 3 is 2.95 bits per heavy atom. The molecule has 0 atom stereocenters. The molecule has 0 aliphatic rings. The summed E-state index contributed by atoms with van der Waals surface area (Å²) in [5, 5.41) is 11.7. The van der Waals surface area contributed by atoms with E-state index in [1.807, 2.05) is 0 Å². The van der Waals surface area contributed by atoms with Crippen LogP contribution in [0.15, 0.2) is 18.2 Å². The Balaban J connectivity index is 2.32. The van der Waals surface area contributed by atoms with Crippen LogP contribution >= 0.6 is 11.3 Å². The first-order chi connectivity index (χ1) is 9.13. The first-order valence-corrected chi connectivity index (χ1v) is 6.53. The molecular weight excluding hydrogens is 264 g/mol. The zero-order chi connectivity index (χ0) is 13.8. The standard InChI is InChI=1S/C12H14N4O2S/c1-3-10(17)14-12-16-15-11(19-12)8-6-7(13)4-5-9(8)18-2/h4-6H,3,13H2,1-2H3,(H,14,16,17). The molecule has 1 aromatic heterocycles. The molecule has 6 nitrogen and oxygen atoms in total. The minimum absolute atomic E-state index is 0.0951. The average molecular weight is 278 g/mol. The second-order valence-corrected chi connectivity index (χ2v) is 4.75. The number of ether oxygens (including phenoxy) is 1. The van der Waals surface area contributed by atoms with Crippen molar-refractivity contribution in [2.24, 2.45) is 0 Å². The van der Waals surface area contributed by atoms with Crippen molar-refractivity contribution in [2.45, 2.75) is 13.3 Å². The molecule has 0 spiro atoms. The molecule has 1 heterocycles. The van der Waals surface area contributed by atoms with Gasteiger partial charge >= 0.3 is 0 Å². The van der Waals surface area contributed by atoms with Crippen LogP contribution in [0.3, 0.4) is 0 Å². The molecule has 0 bridgehead atoms. The summed E-state index contributed by atoms with van der Waals surface area (Å²) in [6.07, 6.45) is 0.399. The van der Waals surface area contributed by atoms with Crippen LogP contribution in [0.1, 0.15) is 13.3 Å². The number of benzene rings is 1. The van der Waals surface area contributed by atoms with Crippen LogP contribution in [0.25, 0.3) is 10.6 Å². The summed E-state index contributed by atoms with van der Waals surface area (Å²) >= 11 is 1.28. The summed E-state index contributed by atoms with van der Waals surface area (Å²) in [5.41, 5.74) is 7.14. The number of nitrogen functional groups attached to an aromatic ring is 1. The average Bonchev–Trinajstić information content (AvgIpc) is 2.86. The van der Waals surface area contributed by atoms with Gasteiger partial charge in [-0.25, -0.2) is 0 Å². The van der Waals surface area contributed by atoms with E-state index in [9.17, 15) is 4.79 Å². The number of aromatic nitrogens is 2. The Labute approximate surface area is 114 Å². The highest BCUT2D eigenvalue weighted by Gasteiger charge is 2.13. The highest BCUT2D eigenvalue weighted by molar-refractivity contribution is 7.18. The molecular formula is C12H14N4O2S. The van der Waals surface area contributed by atoms with Gasteiger partial charge < -0.3 is 15.8 Å². The van der Waals surface area contributed by atoms with Gasteiger partial charge in [0.25, 0.3) is 0 Å². The van der Waals surface area contributed by atoms with Crippen molar-refractivity contribution < 1.29 is 9.53 Å². The highest BCUT2D eigenvalue weighted by Crippen LogP contribution is 2.34. The molecule has 0 saturated carbocycles. The third-order valence-corrected chi connectivity index (χ3v) is 3.32. The number of methoxy groups -OCH3 is 1. The van der Waals surface area contributed by atoms with Crippen LogP contribution in [-0.4, -0.2) is 23.2 Å². The normalized spacial score (nSPS) is 10.2. The number of anilines is 2. The SMILES string of the molecule is CCC(=O)Nc1nnc(-c2cc(N)ccc2OC)s1. The van der Waals surface area contributed by atoms with E-state index in [1.54, 1.807) is 32.2 Å². The van der Waals surface area contributed by atoms with Gasteiger partial charge in [0.15, 0.2) is 5.01 Å². The van der Waals surface area contributed by atoms with E-state index in [0.29, 0.717) is 28.0 Å². The Bertz CT molecular complexity index is 597.